The smallest absolute Gasteiger partial charge is 0.306 e. The zero-order valence-electron chi connectivity index (χ0n) is 41.8. The van der Waals surface area contributed by atoms with Gasteiger partial charge in [-0.2, -0.15) is 0 Å². The van der Waals surface area contributed by atoms with Crippen molar-refractivity contribution in [2.45, 2.75) is 310 Å². The van der Waals surface area contributed by atoms with Crippen LogP contribution in [0.15, 0.2) is 0 Å². The van der Waals surface area contributed by atoms with Gasteiger partial charge in [0.05, 0.1) is 0 Å². The molecular weight excluding hydrogens is 757 g/mol. The number of esters is 3. The lowest BCUT2D eigenvalue weighted by Gasteiger charge is -2.18. The first-order valence-corrected chi connectivity index (χ1v) is 27.3. The van der Waals surface area contributed by atoms with Crippen molar-refractivity contribution in [1.82, 2.24) is 0 Å². The maximum Gasteiger partial charge on any atom is 0.306 e. The average molecular weight is 863 g/mol. The van der Waals surface area contributed by atoms with E-state index in [0.717, 1.165) is 69.6 Å². The summed E-state index contributed by atoms with van der Waals surface area (Å²) >= 11 is 0. The second-order valence-corrected chi connectivity index (χ2v) is 19.4. The van der Waals surface area contributed by atoms with E-state index in [1.54, 1.807) is 0 Å². The first-order chi connectivity index (χ1) is 29.8. The summed E-state index contributed by atoms with van der Waals surface area (Å²) in [6, 6.07) is 0. The van der Waals surface area contributed by atoms with Crippen LogP contribution in [0.3, 0.4) is 0 Å². The third kappa shape index (κ3) is 46.2. The molecule has 0 aromatic heterocycles. The van der Waals surface area contributed by atoms with Gasteiger partial charge in [-0.05, 0) is 31.1 Å². The summed E-state index contributed by atoms with van der Waals surface area (Å²) in [7, 11) is 0. The molecule has 0 aliphatic heterocycles. The number of ether oxygens (including phenoxy) is 3. The normalized spacial score (nSPS) is 12.9. The van der Waals surface area contributed by atoms with E-state index in [9.17, 15) is 14.4 Å². The predicted molar refractivity (Wildman–Crippen MR) is 261 cm³/mol. The molecule has 0 aromatic carbocycles. The third-order valence-corrected chi connectivity index (χ3v) is 13.2. The molecule has 6 nitrogen and oxygen atoms in total. The van der Waals surface area contributed by atoms with E-state index in [2.05, 4.69) is 34.6 Å². The van der Waals surface area contributed by atoms with E-state index in [1.165, 1.54) is 193 Å². The van der Waals surface area contributed by atoms with Crippen LogP contribution in [0.5, 0.6) is 0 Å². The average Bonchev–Trinajstić information content (AvgIpc) is 3.26. The summed E-state index contributed by atoms with van der Waals surface area (Å²) in [5.74, 6) is 0.895. The zero-order chi connectivity index (χ0) is 44.7. The summed E-state index contributed by atoms with van der Waals surface area (Å²) in [4.78, 5) is 38.0. The Labute approximate surface area is 380 Å². The highest BCUT2D eigenvalue weighted by atomic mass is 16.6. The number of carbonyl (C=O) groups is 3. The Kier molecular flexibility index (Phi) is 46.6. The van der Waals surface area contributed by atoms with Crippen LogP contribution in [-0.4, -0.2) is 37.2 Å². The van der Waals surface area contributed by atoms with Gasteiger partial charge in [0.1, 0.15) is 13.2 Å². The molecule has 0 heterocycles. The molecule has 0 aromatic rings. The molecule has 0 saturated heterocycles. The first kappa shape index (κ1) is 59.4. The van der Waals surface area contributed by atoms with Gasteiger partial charge < -0.3 is 14.2 Å². The van der Waals surface area contributed by atoms with Gasteiger partial charge in [0, 0.05) is 19.3 Å². The molecule has 6 heteroatoms. The van der Waals surface area contributed by atoms with Crippen molar-refractivity contribution in [1.29, 1.82) is 0 Å². The summed E-state index contributed by atoms with van der Waals surface area (Å²) in [5.41, 5.74) is 0. The van der Waals surface area contributed by atoms with Gasteiger partial charge in [-0.15, -0.1) is 0 Å². The maximum absolute atomic E-state index is 12.8. The van der Waals surface area contributed by atoms with Crippen molar-refractivity contribution >= 4 is 17.9 Å². The standard InChI is InChI=1S/C55H106O6/c1-6-9-10-11-12-13-14-17-21-24-30-35-40-45-53(56)59-48-52(61-55(58)47-42-37-32-27-26-29-34-39-44-51(5)8-3)49-60-54(57)46-41-36-31-25-22-19-16-15-18-20-23-28-33-38-43-50(4)7-2/h50-52H,6-49H2,1-5H3/t50?,51?,52-/m1/s1. The van der Waals surface area contributed by atoms with Crippen molar-refractivity contribution in [3.05, 3.63) is 0 Å². The molecule has 0 aliphatic carbocycles. The molecule has 61 heavy (non-hydrogen) atoms. The van der Waals surface area contributed by atoms with Gasteiger partial charge in [0.25, 0.3) is 0 Å². The van der Waals surface area contributed by atoms with E-state index >= 15 is 0 Å². The molecular formula is C55H106O6. The van der Waals surface area contributed by atoms with E-state index in [0.29, 0.717) is 19.3 Å². The van der Waals surface area contributed by atoms with Crippen LogP contribution in [0.25, 0.3) is 0 Å². The number of hydrogen-bond donors (Lipinski definition) is 0. The highest BCUT2D eigenvalue weighted by Crippen LogP contribution is 2.18. The highest BCUT2D eigenvalue weighted by molar-refractivity contribution is 5.71. The van der Waals surface area contributed by atoms with Crippen LogP contribution in [0.4, 0.5) is 0 Å². The fraction of sp³-hybridized carbons (Fsp3) is 0.945. The van der Waals surface area contributed by atoms with E-state index in [-0.39, 0.29) is 31.1 Å². The van der Waals surface area contributed by atoms with Gasteiger partial charge >= 0.3 is 17.9 Å². The molecule has 0 spiro atoms. The van der Waals surface area contributed by atoms with Crippen LogP contribution >= 0.6 is 0 Å². The van der Waals surface area contributed by atoms with Crippen molar-refractivity contribution in [3.63, 3.8) is 0 Å². The Morgan fingerprint density at radius 1 is 0.328 bits per heavy atom. The summed E-state index contributed by atoms with van der Waals surface area (Å²) < 4.78 is 16.8. The minimum atomic E-state index is -0.762. The Hall–Kier alpha value is -1.59. The van der Waals surface area contributed by atoms with Crippen molar-refractivity contribution in [2.24, 2.45) is 11.8 Å². The van der Waals surface area contributed by atoms with Crippen molar-refractivity contribution in [2.75, 3.05) is 13.2 Å². The van der Waals surface area contributed by atoms with Crippen molar-refractivity contribution < 1.29 is 28.6 Å². The highest BCUT2D eigenvalue weighted by Gasteiger charge is 2.19. The Morgan fingerprint density at radius 2 is 0.574 bits per heavy atom. The minimum absolute atomic E-state index is 0.0636. The molecule has 0 amide bonds. The third-order valence-electron chi connectivity index (χ3n) is 13.2. The van der Waals surface area contributed by atoms with Crippen LogP contribution in [0.2, 0.25) is 0 Å². The minimum Gasteiger partial charge on any atom is -0.462 e. The van der Waals surface area contributed by atoms with Crippen LogP contribution < -0.4 is 0 Å². The molecule has 0 bridgehead atoms. The Bertz CT molecular complexity index is 935. The topological polar surface area (TPSA) is 78.9 Å². The summed E-state index contributed by atoms with van der Waals surface area (Å²) in [5, 5.41) is 0. The van der Waals surface area contributed by atoms with Crippen LogP contribution in [0, 0.1) is 11.8 Å². The van der Waals surface area contributed by atoms with Crippen LogP contribution in [-0.2, 0) is 28.6 Å². The first-order valence-electron chi connectivity index (χ1n) is 27.3. The predicted octanol–water partition coefficient (Wildman–Crippen LogP) is 17.7. The van der Waals surface area contributed by atoms with Gasteiger partial charge in [0.15, 0.2) is 6.10 Å². The Morgan fingerprint density at radius 3 is 0.852 bits per heavy atom. The van der Waals surface area contributed by atoms with E-state index in [1.807, 2.05) is 0 Å². The SMILES string of the molecule is CCCCCCCCCCCCCCCC(=O)OC[C@H](COC(=O)CCCCCCCCCCCCCCCCC(C)CC)OC(=O)CCCCCCCCCCC(C)CC. The lowest BCUT2D eigenvalue weighted by atomic mass is 9.99. The molecule has 0 rings (SSSR count). The number of hydrogen-bond acceptors (Lipinski definition) is 6. The number of carbonyl (C=O) groups excluding carboxylic acids is 3. The molecule has 0 N–H and O–H groups in total. The largest absolute Gasteiger partial charge is 0.462 e. The van der Waals surface area contributed by atoms with Gasteiger partial charge in [0.2, 0.25) is 0 Å². The molecule has 0 fully saturated rings. The van der Waals surface area contributed by atoms with E-state index < -0.39 is 6.10 Å². The quantitative estimate of drug-likeness (QED) is 0.0344. The Balaban J connectivity index is 4.28. The molecule has 2 unspecified atom stereocenters. The lowest BCUT2D eigenvalue weighted by Crippen LogP contribution is -2.30. The summed E-state index contributed by atoms with van der Waals surface area (Å²) in [6.45, 7) is 11.4. The second-order valence-electron chi connectivity index (χ2n) is 19.4. The molecule has 362 valence electrons. The summed E-state index contributed by atoms with van der Waals surface area (Å²) in [6.07, 6.45) is 49.3. The van der Waals surface area contributed by atoms with E-state index in [4.69, 9.17) is 14.2 Å². The van der Waals surface area contributed by atoms with Crippen molar-refractivity contribution in [3.8, 4) is 0 Å². The van der Waals surface area contributed by atoms with Crippen LogP contribution in [0.1, 0.15) is 304 Å². The van der Waals surface area contributed by atoms with Gasteiger partial charge in [-0.25, -0.2) is 0 Å². The molecule has 0 radical (unpaired) electrons. The monoisotopic (exact) mass is 863 g/mol. The van der Waals surface area contributed by atoms with Gasteiger partial charge in [-0.3, -0.25) is 14.4 Å². The fourth-order valence-electron chi connectivity index (χ4n) is 8.28. The van der Waals surface area contributed by atoms with Gasteiger partial charge in [-0.1, -0.05) is 266 Å². The molecule has 3 atom stereocenters. The molecule has 0 aliphatic rings. The zero-order valence-corrected chi connectivity index (χ0v) is 41.8. The second kappa shape index (κ2) is 47.9. The number of unbranched alkanes of at least 4 members (excludes halogenated alkanes) is 32. The number of rotatable bonds is 49. The maximum atomic E-state index is 12.8. The lowest BCUT2D eigenvalue weighted by molar-refractivity contribution is -0.167. The fourth-order valence-corrected chi connectivity index (χ4v) is 8.28. The molecule has 0 saturated carbocycles.